The van der Waals surface area contributed by atoms with E-state index in [4.69, 9.17) is 4.74 Å². The minimum atomic E-state index is 0.904. The van der Waals surface area contributed by atoms with Crippen molar-refractivity contribution >= 4 is 0 Å². The topological polar surface area (TPSA) is 9.23 Å². The first-order valence-corrected chi connectivity index (χ1v) is 3.19. The molecule has 0 bridgehead atoms. The van der Waals surface area contributed by atoms with Gasteiger partial charge in [0, 0.05) is 0 Å². The smallest absolute Gasteiger partial charge is 0.130 e. The van der Waals surface area contributed by atoms with E-state index in [1.165, 1.54) is 5.56 Å². The first kappa shape index (κ1) is 5.54. The Bertz CT molecular complexity index is 236. The molecule has 2 rings (SSSR count). The summed E-state index contributed by atoms with van der Waals surface area (Å²) >= 11 is 0. The molecular weight excluding hydrogens is 124 g/mol. The summed E-state index contributed by atoms with van der Waals surface area (Å²) in [7, 11) is 0. The molecule has 10 heavy (non-hydrogen) atoms. The van der Waals surface area contributed by atoms with Crippen LogP contribution < -0.4 is 4.74 Å². The summed E-state index contributed by atoms with van der Waals surface area (Å²) in [5.41, 5.74) is 1.18. The number of allylic oxidation sites excluding steroid dienone is 1. The molecule has 1 nitrogen and oxygen atoms in total. The van der Waals surface area contributed by atoms with E-state index in [0.29, 0.717) is 0 Å². The fourth-order valence-corrected chi connectivity index (χ4v) is 0.966. The maximum absolute atomic E-state index is 5.19. The lowest BCUT2D eigenvalue weighted by Crippen LogP contribution is -1.94. The van der Waals surface area contributed by atoms with Gasteiger partial charge in [0.2, 0.25) is 0 Å². The van der Waals surface area contributed by atoms with Crippen molar-refractivity contribution in [2.24, 2.45) is 0 Å². The molecule has 1 aromatic carbocycles. The van der Waals surface area contributed by atoms with Crippen molar-refractivity contribution in [3.8, 4) is 5.75 Å². The van der Waals surface area contributed by atoms with Gasteiger partial charge in [-0.1, -0.05) is 0 Å². The maximum atomic E-state index is 5.19. The van der Waals surface area contributed by atoms with E-state index in [9.17, 15) is 0 Å². The van der Waals surface area contributed by atoms with Crippen molar-refractivity contribution < 1.29 is 4.74 Å². The first-order chi connectivity index (χ1) is 4.97. The summed E-state index contributed by atoms with van der Waals surface area (Å²) in [6.45, 7) is 0. The van der Waals surface area contributed by atoms with Gasteiger partial charge in [-0.05, 0) is 42.3 Å². The minimum Gasteiger partial charge on any atom is -0.465 e. The second-order valence-electron chi connectivity index (χ2n) is 2.16. The van der Waals surface area contributed by atoms with Gasteiger partial charge < -0.3 is 4.74 Å². The number of hydrogen-bond acceptors (Lipinski definition) is 1. The first-order valence-electron chi connectivity index (χ1n) is 3.19. The SMILES string of the molecule is [c]1[c]cc2c(c1)CC=CO2. The van der Waals surface area contributed by atoms with Gasteiger partial charge in [-0.25, -0.2) is 0 Å². The van der Waals surface area contributed by atoms with Crippen LogP contribution in [0.3, 0.4) is 0 Å². The zero-order valence-corrected chi connectivity index (χ0v) is 5.42. The van der Waals surface area contributed by atoms with Crippen LogP contribution in [0.4, 0.5) is 0 Å². The Balaban J connectivity index is 2.47. The molecule has 0 atom stereocenters. The lowest BCUT2D eigenvalue weighted by molar-refractivity contribution is 0.464. The molecule has 1 aliphatic rings. The monoisotopic (exact) mass is 130 g/mol. The zero-order chi connectivity index (χ0) is 6.81. The molecule has 1 heteroatoms. The van der Waals surface area contributed by atoms with E-state index in [1.807, 2.05) is 12.1 Å². The summed E-state index contributed by atoms with van der Waals surface area (Å²) in [5.74, 6) is 0.904. The van der Waals surface area contributed by atoms with Crippen molar-refractivity contribution in [3.63, 3.8) is 0 Å². The van der Waals surface area contributed by atoms with Crippen LogP contribution in [0.2, 0.25) is 0 Å². The zero-order valence-electron chi connectivity index (χ0n) is 5.42. The second kappa shape index (κ2) is 2.18. The second-order valence-corrected chi connectivity index (χ2v) is 2.16. The quantitative estimate of drug-likeness (QED) is 0.519. The predicted octanol–water partition coefficient (Wildman–Crippen LogP) is 1.74. The third-order valence-electron chi connectivity index (χ3n) is 1.48. The van der Waals surface area contributed by atoms with Crippen LogP contribution >= 0.6 is 0 Å². The number of rotatable bonds is 0. The van der Waals surface area contributed by atoms with Crippen molar-refractivity contribution in [1.29, 1.82) is 0 Å². The number of fused-ring (bicyclic) bond motifs is 1. The summed E-state index contributed by atoms with van der Waals surface area (Å²) in [5, 5.41) is 0. The average molecular weight is 130 g/mol. The summed E-state index contributed by atoms with van der Waals surface area (Å²) in [6.07, 6.45) is 4.63. The van der Waals surface area contributed by atoms with Gasteiger partial charge in [0.15, 0.2) is 0 Å². The van der Waals surface area contributed by atoms with E-state index >= 15 is 0 Å². The molecule has 1 heterocycles. The van der Waals surface area contributed by atoms with Crippen LogP contribution in [0, 0.1) is 12.1 Å². The van der Waals surface area contributed by atoms with Gasteiger partial charge >= 0.3 is 0 Å². The molecule has 2 radical (unpaired) electrons. The minimum absolute atomic E-state index is 0.904. The molecule has 0 N–H and O–H groups in total. The van der Waals surface area contributed by atoms with E-state index in [2.05, 4.69) is 12.1 Å². The number of ether oxygens (including phenoxy) is 1. The highest BCUT2D eigenvalue weighted by atomic mass is 16.5. The summed E-state index contributed by atoms with van der Waals surface area (Å²) in [6, 6.07) is 9.42. The Kier molecular flexibility index (Phi) is 1.21. The molecule has 48 valence electrons. The summed E-state index contributed by atoms with van der Waals surface area (Å²) in [4.78, 5) is 0. The van der Waals surface area contributed by atoms with Crippen molar-refractivity contribution in [1.82, 2.24) is 0 Å². The maximum Gasteiger partial charge on any atom is 0.130 e. The molecule has 0 spiro atoms. The highest BCUT2D eigenvalue weighted by Gasteiger charge is 2.02. The van der Waals surface area contributed by atoms with E-state index in [1.54, 1.807) is 12.3 Å². The van der Waals surface area contributed by atoms with Gasteiger partial charge in [-0.2, -0.15) is 0 Å². The van der Waals surface area contributed by atoms with E-state index in [-0.39, 0.29) is 0 Å². The number of hydrogen-bond donors (Lipinski definition) is 0. The van der Waals surface area contributed by atoms with Crippen LogP contribution in [0.15, 0.2) is 24.5 Å². The Hall–Kier alpha value is -1.24. The molecule has 0 saturated carbocycles. The highest BCUT2D eigenvalue weighted by molar-refractivity contribution is 5.36. The molecule has 0 amide bonds. The van der Waals surface area contributed by atoms with Crippen LogP contribution in [0.5, 0.6) is 5.75 Å². The van der Waals surface area contributed by atoms with Crippen molar-refractivity contribution in [2.75, 3.05) is 0 Å². The molecule has 0 aliphatic carbocycles. The van der Waals surface area contributed by atoms with Gasteiger partial charge in [0.1, 0.15) is 5.75 Å². The Labute approximate surface area is 59.9 Å². The average Bonchev–Trinajstić information content (AvgIpc) is 2.05. The normalized spacial score (nSPS) is 14.0. The highest BCUT2D eigenvalue weighted by Crippen LogP contribution is 2.21. The Morgan fingerprint density at radius 2 is 2.20 bits per heavy atom. The van der Waals surface area contributed by atoms with Crippen LogP contribution in [-0.2, 0) is 6.42 Å². The Morgan fingerprint density at radius 1 is 1.30 bits per heavy atom. The standard InChI is InChI=1S/C9H6O/c1-2-6-9-8(4-1)5-3-7-10-9/h3-4,6-7H,5H2. The van der Waals surface area contributed by atoms with E-state index in [0.717, 1.165) is 12.2 Å². The molecule has 0 unspecified atom stereocenters. The lowest BCUT2D eigenvalue weighted by atomic mass is 10.1. The Morgan fingerprint density at radius 3 is 3.10 bits per heavy atom. The fraction of sp³-hybridized carbons (Fsp3) is 0.111. The third-order valence-corrected chi connectivity index (χ3v) is 1.48. The van der Waals surface area contributed by atoms with Crippen LogP contribution in [-0.4, -0.2) is 0 Å². The molecule has 0 aromatic heterocycles. The van der Waals surface area contributed by atoms with Gasteiger partial charge in [0.05, 0.1) is 6.26 Å². The molecule has 0 fully saturated rings. The third kappa shape index (κ3) is 0.798. The molecular formula is C9H6O. The van der Waals surface area contributed by atoms with Crippen LogP contribution in [0.25, 0.3) is 0 Å². The molecule has 1 aromatic rings. The lowest BCUT2D eigenvalue weighted by Gasteiger charge is -2.09. The van der Waals surface area contributed by atoms with Crippen LogP contribution in [0.1, 0.15) is 5.56 Å². The predicted molar refractivity (Wildman–Crippen MR) is 37.6 cm³/mol. The summed E-state index contributed by atoms with van der Waals surface area (Å²) < 4.78 is 5.19. The van der Waals surface area contributed by atoms with Crippen molar-refractivity contribution in [2.45, 2.75) is 6.42 Å². The largest absolute Gasteiger partial charge is 0.465 e. The van der Waals surface area contributed by atoms with E-state index < -0.39 is 0 Å². The molecule has 0 saturated heterocycles. The molecule has 1 aliphatic heterocycles. The van der Waals surface area contributed by atoms with Gasteiger partial charge in [-0.3, -0.25) is 0 Å². The fourth-order valence-electron chi connectivity index (χ4n) is 0.966. The van der Waals surface area contributed by atoms with Gasteiger partial charge in [-0.15, -0.1) is 0 Å². The van der Waals surface area contributed by atoms with Crippen molar-refractivity contribution in [3.05, 3.63) is 42.2 Å². The number of benzene rings is 1. The van der Waals surface area contributed by atoms with Gasteiger partial charge in [0.25, 0.3) is 0 Å².